The summed E-state index contributed by atoms with van der Waals surface area (Å²) in [4.78, 5) is 19.5. The SMILES string of the molecule is O=C(c1ccc(-c2ccccn2)c(F)c1)N(C1CC1)C1CCc2[nH]ncc2C1. The summed E-state index contributed by atoms with van der Waals surface area (Å²) in [5.41, 5.74) is 3.74. The van der Waals surface area contributed by atoms with Crippen molar-refractivity contribution in [3.8, 4) is 11.3 Å². The highest BCUT2D eigenvalue weighted by atomic mass is 19.1. The number of aryl methyl sites for hydroxylation is 1. The number of carbonyl (C=O) groups is 1. The summed E-state index contributed by atoms with van der Waals surface area (Å²) in [6, 6.07) is 10.5. The van der Waals surface area contributed by atoms with Crippen molar-refractivity contribution in [1.82, 2.24) is 20.1 Å². The zero-order valence-electron chi connectivity index (χ0n) is 15.4. The van der Waals surface area contributed by atoms with Gasteiger partial charge in [0.05, 0.1) is 11.9 Å². The Hall–Kier alpha value is -3.02. The van der Waals surface area contributed by atoms with Crippen molar-refractivity contribution < 1.29 is 9.18 Å². The number of nitrogens with zero attached hydrogens (tertiary/aromatic N) is 3. The van der Waals surface area contributed by atoms with Gasteiger partial charge in [-0.05, 0) is 68.0 Å². The van der Waals surface area contributed by atoms with E-state index >= 15 is 0 Å². The molecule has 0 bridgehead atoms. The van der Waals surface area contributed by atoms with Crippen LogP contribution in [0.5, 0.6) is 0 Å². The molecule has 0 aliphatic heterocycles. The maximum atomic E-state index is 14.8. The van der Waals surface area contributed by atoms with Crippen LogP contribution in [0.15, 0.2) is 48.8 Å². The standard InChI is InChI=1S/C22H21FN4O/c23-19-12-14(4-8-18(19)21-3-1-2-10-24-21)22(28)27(16-5-6-16)17-7-9-20-15(11-17)13-25-26-20/h1-4,8,10,12-13,16-17H,5-7,9,11H2,(H,25,26). The largest absolute Gasteiger partial charge is 0.332 e. The van der Waals surface area contributed by atoms with Crippen molar-refractivity contribution >= 4 is 5.91 Å². The summed E-state index contributed by atoms with van der Waals surface area (Å²) in [6.07, 6.45) is 8.15. The molecule has 28 heavy (non-hydrogen) atoms. The number of hydrogen-bond donors (Lipinski definition) is 1. The number of aromatic nitrogens is 3. The monoisotopic (exact) mass is 376 g/mol. The van der Waals surface area contributed by atoms with Crippen LogP contribution in [0.3, 0.4) is 0 Å². The fraction of sp³-hybridized carbons (Fsp3) is 0.318. The lowest BCUT2D eigenvalue weighted by molar-refractivity contribution is 0.0642. The van der Waals surface area contributed by atoms with E-state index in [1.54, 1.807) is 30.5 Å². The van der Waals surface area contributed by atoms with Crippen LogP contribution >= 0.6 is 0 Å². The lowest BCUT2D eigenvalue weighted by Gasteiger charge is -2.34. The molecule has 1 fully saturated rings. The third kappa shape index (κ3) is 3.09. The molecule has 1 atom stereocenters. The topological polar surface area (TPSA) is 61.9 Å². The predicted molar refractivity (Wildman–Crippen MR) is 103 cm³/mol. The van der Waals surface area contributed by atoms with Gasteiger partial charge in [0.25, 0.3) is 5.91 Å². The van der Waals surface area contributed by atoms with Crippen LogP contribution in [0.2, 0.25) is 0 Å². The van der Waals surface area contributed by atoms with Crippen LogP contribution in [0.1, 0.15) is 40.9 Å². The number of nitrogens with one attached hydrogen (secondary N) is 1. The van der Waals surface area contributed by atoms with E-state index in [-0.39, 0.29) is 18.0 Å². The molecule has 1 N–H and O–H groups in total. The Bertz CT molecular complexity index is 1010. The highest BCUT2D eigenvalue weighted by molar-refractivity contribution is 5.95. The molecule has 2 aromatic heterocycles. The molecule has 2 heterocycles. The molecule has 1 aromatic carbocycles. The number of rotatable bonds is 4. The molecule has 0 spiro atoms. The Kier molecular flexibility index (Phi) is 4.19. The minimum Gasteiger partial charge on any atom is -0.332 e. The van der Waals surface area contributed by atoms with Gasteiger partial charge in [-0.25, -0.2) is 4.39 Å². The van der Waals surface area contributed by atoms with Crippen LogP contribution in [-0.4, -0.2) is 38.1 Å². The smallest absolute Gasteiger partial charge is 0.254 e. The minimum absolute atomic E-state index is 0.0779. The van der Waals surface area contributed by atoms with Crippen LogP contribution in [0.4, 0.5) is 4.39 Å². The van der Waals surface area contributed by atoms with Gasteiger partial charge >= 0.3 is 0 Å². The summed E-state index contributed by atoms with van der Waals surface area (Å²) >= 11 is 0. The second-order valence-electron chi connectivity index (χ2n) is 7.62. The number of carbonyl (C=O) groups excluding carboxylic acids is 1. The lowest BCUT2D eigenvalue weighted by Crippen LogP contribution is -2.44. The molecule has 1 saturated carbocycles. The number of fused-ring (bicyclic) bond motifs is 1. The summed E-state index contributed by atoms with van der Waals surface area (Å²) in [7, 11) is 0. The van der Waals surface area contributed by atoms with E-state index in [1.165, 1.54) is 17.3 Å². The number of H-pyrrole nitrogens is 1. The quantitative estimate of drug-likeness (QED) is 0.754. The molecule has 2 aliphatic rings. The van der Waals surface area contributed by atoms with E-state index in [9.17, 15) is 9.18 Å². The molecular weight excluding hydrogens is 355 g/mol. The number of aromatic amines is 1. The average molecular weight is 376 g/mol. The summed E-state index contributed by atoms with van der Waals surface area (Å²) in [5.74, 6) is -0.494. The van der Waals surface area contributed by atoms with Crippen molar-refractivity contribution in [2.24, 2.45) is 0 Å². The van der Waals surface area contributed by atoms with Crippen LogP contribution in [0, 0.1) is 5.82 Å². The highest BCUT2D eigenvalue weighted by Crippen LogP contribution is 2.35. The Balaban J connectivity index is 1.42. The molecule has 0 saturated heterocycles. The number of hydrogen-bond acceptors (Lipinski definition) is 3. The highest BCUT2D eigenvalue weighted by Gasteiger charge is 2.39. The van der Waals surface area contributed by atoms with Crippen LogP contribution in [0.25, 0.3) is 11.3 Å². The molecule has 1 unspecified atom stereocenters. The normalized spacial score (nSPS) is 18.5. The minimum atomic E-state index is -0.416. The second-order valence-corrected chi connectivity index (χ2v) is 7.62. The third-order valence-electron chi connectivity index (χ3n) is 5.72. The van der Waals surface area contributed by atoms with E-state index in [0.717, 1.165) is 32.1 Å². The van der Waals surface area contributed by atoms with Crippen molar-refractivity contribution in [1.29, 1.82) is 0 Å². The maximum Gasteiger partial charge on any atom is 0.254 e. The van der Waals surface area contributed by atoms with Gasteiger partial charge in [-0.15, -0.1) is 0 Å². The molecule has 0 radical (unpaired) electrons. The van der Waals surface area contributed by atoms with Gasteiger partial charge in [-0.2, -0.15) is 5.10 Å². The Labute approximate surface area is 162 Å². The van der Waals surface area contributed by atoms with Gasteiger partial charge in [0.15, 0.2) is 0 Å². The van der Waals surface area contributed by atoms with Gasteiger partial charge in [-0.3, -0.25) is 14.9 Å². The van der Waals surface area contributed by atoms with E-state index in [1.807, 2.05) is 17.2 Å². The van der Waals surface area contributed by atoms with Crippen molar-refractivity contribution in [3.05, 3.63) is 71.4 Å². The average Bonchev–Trinajstić information content (AvgIpc) is 3.44. The molecule has 3 aromatic rings. The first-order valence-corrected chi connectivity index (χ1v) is 9.75. The first-order chi connectivity index (χ1) is 13.7. The van der Waals surface area contributed by atoms with Crippen LogP contribution in [-0.2, 0) is 12.8 Å². The van der Waals surface area contributed by atoms with Gasteiger partial charge in [0, 0.05) is 35.1 Å². The maximum absolute atomic E-state index is 14.8. The molecule has 142 valence electrons. The van der Waals surface area contributed by atoms with E-state index in [0.29, 0.717) is 16.8 Å². The van der Waals surface area contributed by atoms with Gasteiger partial charge in [0.2, 0.25) is 0 Å². The first kappa shape index (κ1) is 17.1. The summed E-state index contributed by atoms with van der Waals surface area (Å²) in [6.45, 7) is 0. The summed E-state index contributed by atoms with van der Waals surface area (Å²) < 4.78 is 14.8. The molecule has 5 rings (SSSR count). The Morgan fingerprint density at radius 1 is 1.14 bits per heavy atom. The zero-order chi connectivity index (χ0) is 19.1. The first-order valence-electron chi connectivity index (χ1n) is 9.75. The third-order valence-corrected chi connectivity index (χ3v) is 5.72. The Morgan fingerprint density at radius 3 is 2.79 bits per heavy atom. The number of halogens is 1. The van der Waals surface area contributed by atoms with E-state index in [2.05, 4.69) is 15.2 Å². The number of amides is 1. The molecule has 2 aliphatic carbocycles. The van der Waals surface area contributed by atoms with Crippen molar-refractivity contribution in [3.63, 3.8) is 0 Å². The lowest BCUT2D eigenvalue weighted by atomic mass is 9.91. The fourth-order valence-corrected chi connectivity index (χ4v) is 4.14. The number of pyridine rings is 1. The van der Waals surface area contributed by atoms with Crippen molar-refractivity contribution in [2.45, 2.75) is 44.2 Å². The predicted octanol–water partition coefficient (Wildman–Crippen LogP) is 3.77. The fourth-order valence-electron chi connectivity index (χ4n) is 4.14. The van der Waals surface area contributed by atoms with Crippen LogP contribution < -0.4 is 0 Å². The summed E-state index contributed by atoms with van der Waals surface area (Å²) in [5, 5.41) is 7.17. The van der Waals surface area contributed by atoms with Gasteiger partial charge in [-0.1, -0.05) is 6.07 Å². The molecule has 5 nitrogen and oxygen atoms in total. The molecular formula is C22H21FN4O. The Morgan fingerprint density at radius 2 is 2.04 bits per heavy atom. The van der Waals surface area contributed by atoms with Gasteiger partial charge < -0.3 is 4.90 Å². The number of benzene rings is 1. The van der Waals surface area contributed by atoms with Gasteiger partial charge in [0.1, 0.15) is 5.82 Å². The zero-order valence-corrected chi connectivity index (χ0v) is 15.4. The second kappa shape index (κ2) is 6.86. The van der Waals surface area contributed by atoms with E-state index < -0.39 is 5.82 Å². The van der Waals surface area contributed by atoms with Crippen molar-refractivity contribution in [2.75, 3.05) is 0 Å². The molecule has 1 amide bonds. The van der Waals surface area contributed by atoms with E-state index in [4.69, 9.17) is 0 Å². The molecule has 6 heteroatoms.